The molecule has 2 N–H and O–H groups in total. The fourth-order valence-electron chi connectivity index (χ4n) is 2.42. The molecule has 1 aromatic rings. The number of hydrogen-bond donors (Lipinski definition) is 1. The molecule has 0 spiro atoms. The van der Waals surface area contributed by atoms with Gasteiger partial charge < -0.3 is 5.73 Å². The van der Waals surface area contributed by atoms with Crippen molar-refractivity contribution >= 4 is 9.84 Å². The molecular weight excluding hydrogens is 270 g/mol. The van der Waals surface area contributed by atoms with Gasteiger partial charge in [-0.1, -0.05) is 26.0 Å². The van der Waals surface area contributed by atoms with E-state index in [2.05, 4.69) is 6.92 Å². The Kier molecular flexibility index (Phi) is 6.69. The van der Waals surface area contributed by atoms with Crippen LogP contribution < -0.4 is 5.73 Å². The normalized spacial score (nSPS) is 15.0. The van der Waals surface area contributed by atoms with Crippen molar-refractivity contribution < 1.29 is 8.42 Å². The molecule has 0 saturated heterocycles. The maximum Gasteiger partial charge on any atom is 0.178 e. The van der Waals surface area contributed by atoms with E-state index in [1.807, 2.05) is 32.0 Å². The van der Waals surface area contributed by atoms with E-state index in [9.17, 15) is 8.42 Å². The topological polar surface area (TPSA) is 60.2 Å². The van der Waals surface area contributed by atoms with Crippen LogP contribution in [0, 0.1) is 0 Å². The summed E-state index contributed by atoms with van der Waals surface area (Å²) in [4.78, 5) is 0.455. The minimum atomic E-state index is -3.13. The van der Waals surface area contributed by atoms with Crippen molar-refractivity contribution in [2.75, 3.05) is 5.75 Å². The minimum Gasteiger partial charge on any atom is -0.328 e. The maximum absolute atomic E-state index is 12.1. The molecule has 0 aliphatic carbocycles. The molecule has 0 heterocycles. The van der Waals surface area contributed by atoms with E-state index in [0.29, 0.717) is 17.2 Å². The number of sulfone groups is 1. The Morgan fingerprint density at radius 2 is 1.90 bits per heavy atom. The Balaban J connectivity index is 2.96. The van der Waals surface area contributed by atoms with Crippen LogP contribution in [-0.2, 0) is 9.84 Å². The molecule has 0 aromatic heterocycles. The first kappa shape index (κ1) is 17.2. The second-order valence-corrected chi connectivity index (χ2v) is 7.66. The van der Waals surface area contributed by atoms with Crippen LogP contribution in [0.5, 0.6) is 0 Å². The molecule has 1 rings (SSSR count). The maximum atomic E-state index is 12.1. The molecule has 0 radical (unpaired) electrons. The Bertz CT molecular complexity index is 509. The van der Waals surface area contributed by atoms with Gasteiger partial charge in [-0.2, -0.15) is 0 Å². The fourth-order valence-corrected chi connectivity index (χ4v) is 3.79. The Morgan fingerprint density at radius 3 is 2.45 bits per heavy atom. The highest BCUT2D eigenvalue weighted by molar-refractivity contribution is 7.91. The first-order valence-electron chi connectivity index (χ1n) is 7.49. The highest BCUT2D eigenvalue weighted by Gasteiger charge is 2.16. The van der Waals surface area contributed by atoms with Gasteiger partial charge in [-0.15, -0.1) is 0 Å². The molecule has 0 saturated carbocycles. The highest BCUT2D eigenvalue weighted by atomic mass is 32.2. The van der Waals surface area contributed by atoms with Crippen LogP contribution in [0.15, 0.2) is 29.2 Å². The summed E-state index contributed by atoms with van der Waals surface area (Å²) in [6, 6.07) is 7.62. The van der Waals surface area contributed by atoms with Gasteiger partial charge in [0, 0.05) is 6.04 Å². The van der Waals surface area contributed by atoms with Crippen LogP contribution in [0.4, 0.5) is 0 Å². The number of benzene rings is 1. The molecule has 20 heavy (non-hydrogen) atoms. The summed E-state index contributed by atoms with van der Waals surface area (Å²) < 4.78 is 24.3. The highest BCUT2D eigenvalue weighted by Crippen LogP contribution is 2.27. The van der Waals surface area contributed by atoms with Crippen LogP contribution in [0.25, 0.3) is 0 Å². The molecule has 2 atom stereocenters. The lowest BCUT2D eigenvalue weighted by Gasteiger charge is -2.17. The van der Waals surface area contributed by atoms with Crippen LogP contribution in [0.1, 0.15) is 57.9 Å². The summed E-state index contributed by atoms with van der Waals surface area (Å²) in [7, 11) is -3.13. The van der Waals surface area contributed by atoms with E-state index in [0.717, 1.165) is 24.8 Å². The largest absolute Gasteiger partial charge is 0.328 e. The zero-order chi connectivity index (χ0) is 15.2. The summed E-state index contributed by atoms with van der Waals surface area (Å²) >= 11 is 0. The van der Waals surface area contributed by atoms with Gasteiger partial charge in [-0.25, -0.2) is 8.42 Å². The Hall–Kier alpha value is -0.870. The van der Waals surface area contributed by atoms with Crippen molar-refractivity contribution in [1.29, 1.82) is 0 Å². The third kappa shape index (κ3) is 4.91. The lowest BCUT2D eigenvalue weighted by molar-refractivity contribution is 0.531. The van der Waals surface area contributed by atoms with E-state index in [4.69, 9.17) is 5.73 Å². The third-order valence-electron chi connectivity index (χ3n) is 3.62. The number of rotatable bonds is 8. The Labute approximate surface area is 123 Å². The molecule has 0 aliphatic rings. The summed E-state index contributed by atoms with van der Waals surface area (Å²) in [6.45, 7) is 6.03. The standard InChI is InChI=1S/C16H27NO2S/c1-4-11-20(18,19)16-8-6-7-15(12-16)14(5-2)10-9-13(3)17/h6-8,12-14H,4-5,9-11,17H2,1-3H3. The quantitative estimate of drug-likeness (QED) is 0.799. The van der Waals surface area contributed by atoms with Gasteiger partial charge in [0.2, 0.25) is 0 Å². The van der Waals surface area contributed by atoms with Crippen LogP contribution in [0.3, 0.4) is 0 Å². The van der Waals surface area contributed by atoms with E-state index >= 15 is 0 Å². The summed E-state index contributed by atoms with van der Waals surface area (Å²) in [5, 5.41) is 0. The monoisotopic (exact) mass is 297 g/mol. The van der Waals surface area contributed by atoms with Crippen molar-refractivity contribution in [3.8, 4) is 0 Å². The minimum absolute atomic E-state index is 0.191. The summed E-state index contributed by atoms with van der Waals surface area (Å²) in [5.74, 6) is 0.602. The molecule has 0 aliphatic heterocycles. The van der Waals surface area contributed by atoms with Crippen molar-refractivity contribution in [2.45, 2.75) is 63.3 Å². The number of nitrogens with two attached hydrogens (primary N) is 1. The summed E-state index contributed by atoms with van der Waals surface area (Å²) in [5.41, 5.74) is 6.93. The van der Waals surface area contributed by atoms with Gasteiger partial charge in [0.05, 0.1) is 10.6 Å². The summed E-state index contributed by atoms with van der Waals surface area (Å²) in [6.07, 6.45) is 3.62. The lowest BCUT2D eigenvalue weighted by atomic mass is 9.91. The second kappa shape index (κ2) is 7.79. The van der Waals surface area contributed by atoms with Crippen molar-refractivity contribution in [1.82, 2.24) is 0 Å². The molecule has 1 aromatic carbocycles. The van der Waals surface area contributed by atoms with Gasteiger partial charge in [-0.05, 0) is 56.2 Å². The van der Waals surface area contributed by atoms with E-state index < -0.39 is 9.84 Å². The third-order valence-corrected chi connectivity index (χ3v) is 5.54. The van der Waals surface area contributed by atoms with Crippen LogP contribution >= 0.6 is 0 Å². The SMILES string of the molecule is CCCS(=O)(=O)c1cccc(C(CC)CCC(C)N)c1. The first-order chi connectivity index (χ1) is 9.40. The van der Waals surface area contributed by atoms with Gasteiger partial charge >= 0.3 is 0 Å². The van der Waals surface area contributed by atoms with Crippen molar-refractivity contribution in [3.05, 3.63) is 29.8 Å². The van der Waals surface area contributed by atoms with E-state index in [1.54, 1.807) is 6.07 Å². The Morgan fingerprint density at radius 1 is 1.20 bits per heavy atom. The van der Waals surface area contributed by atoms with Gasteiger partial charge in [0.15, 0.2) is 9.84 Å². The lowest BCUT2D eigenvalue weighted by Crippen LogP contribution is -2.16. The predicted octanol–water partition coefficient (Wildman–Crippen LogP) is 3.49. The van der Waals surface area contributed by atoms with Gasteiger partial charge in [-0.3, -0.25) is 0 Å². The van der Waals surface area contributed by atoms with E-state index in [1.165, 1.54) is 0 Å². The molecule has 0 bridgehead atoms. The molecule has 0 fully saturated rings. The molecule has 114 valence electrons. The molecule has 2 unspecified atom stereocenters. The number of hydrogen-bond acceptors (Lipinski definition) is 3. The smallest absolute Gasteiger partial charge is 0.178 e. The second-order valence-electron chi connectivity index (χ2n) is 5.55. The fraction of sp³-hybridized carbons (Fsp3) is 0.625. The predicted molar refractivity (Wildman–Crippen MR) is 84.7 cm³/mol. The van der Waals surface area contributed by atoms with Crippen molar-refractivity contribution in [2.24, 2.45) is 5.73 Å². The van der Waals surface area contributed by atoms with Crippen molar-refractivity contribution in [3.63, 3.8) is 0 Å². The van der Waals surface area contributed by atoms with Gasteiger partial charge in [0.1, 0.15) is 0 Å². The van der Waals surface area contributed by atoms with Crippen LogP contribution in [0.2, 0.25) is 0 Å². The average molecular weight is 297 g/mol. The first-order valence-corrected chi connectivity index (χ1v) is 9.14. The van der Waals surface area contributed by atoms with Gasteiger partial charge in [0.25, 0.3) is 0 Å². The van der Waals surface area contributed by atoms with E-state index in [-0.39, 0.29) is 11.8 Å². The molecular formula is C16H27NO2S. The average Bonchev–Trinajstić information content (AvgIpc) is 2.39. The molecule has 3 nitrogen and oxygen atoms in total. The molecule has 0 amide bonds. The zero-order valence-electron chi connectivity index (χ0n) is 12.8. The molecule has 4 heteroatoms. The zero-order valence-corrected chi connectivity index (χ0v) is 13.6. The van der Waals surface area contributed by atoms with Crippen LogP contribution in [-0.4, -0.2) is 20.2 Å².